The molecule has 0 saturated carbocycles. The molecule has 0 spiro atoms. The zero-order chi connectivity index (χ0) is 17.6. The summed E-state index contributed by atoms with van der Waals surface area (Å²) < 4.78 is 14.8. The van der Waals surface area contributed by atoms with E-state index in [0.717, 1.165) is 30.8 Å². The SMILES string of the molecule is CN(Cc1cccc(CCN)c1)Cc1cnn(-c2ccc(F)cc2)c1.Cl.Cl. The molecule has 0 saturated heterocycles. The van der Waals surface area contributed by atoms with Gasteiger partial charge < -0.3 is 5.73 Å². The van der Waals surface area contributed by atoms with E-state index < -0.39 is 0 Å². The fourth-order valence-corrected chi connectivity index (χ4v) is 2.91. The van der Waals surface area contributed by atoms with Gasteiger partial charge in [0, 0.05) is 24.8 Å². The quantitative estimate of drug-likeness (QED) is 0.640. The Hall–Kier alpha value is -1.92. The van der Waals surface area contributed by atoms with Gasteiger partial charge in [0.15, 0.2) is 0 Å². The summed E-state index contributed by atoms with van der Waals surface area (Å²) in [6, 6.07) is 14.9. The minimum atomic E-state index is -0.243. The van der Waals surface area contributed by atoms with E-state index in [9.17, 15) is 4.39 Å². The highest BCUT2D eigenvalue weighted by atomic mass is 35.5. The van der Waals surface area contributed by atoms with Gasteiger partial charge in [0.2, 0.25) is 0 Å². The zero-order valence-electron chi connectivity index (χ0n) is 15.2. The molecular formula is C20H25Cl2FN4. The molecular weight excluding hydrogens is 386 g/mol. The minimum Gasteiger partial charge on any atom is -0.330 e. The molecule has 0 aliphatic carbocycles. The van der Waals surface area contributed by atoms with Crippen molar-refractivity contribution >= 4 is 24.8 Å². The molecule has 4 nitrogen and oxygen atoms in total. The molecule has 7 heteroatoms. The first kappa shape index (κ1) is 23.1. The van der Waals surface area contributed by atoms with Crippen molar-refractivity contribution in [3.63, 3.8) is 0 Å². The second-order valence-corrected chi connectivity index (χ2v) is 6.30. The highest BCUT2D eigenvalue weighted by Crippen LogP contribution is 2.13. The lowest BCUT2D eigenvalue weighted by molar-refractivity contribution is 0.319. The van der Waals surface area contributed by atoms with Crippen LogP contribution in [-0.2, 0) is 19.5 Å². The molecule has 2 aromatic carbocycles. The van der Waals surface area contributed by atoms with Crippen LogP contribution in [0.25, 0.3) is 5.69 Å². The summed E-state index contributed by atoms with van der Waals surface area (Å²) in [5.41, 5.74) is 10.2. The van der Waals surface area contributed by atoms with Gasteiger partial charge in [-0.3, -0.25) is 4.90 Å². The molecule has 3 rings (SSSR count). The van der Waals surface area contributed by atoms with E-state index >= 15 is 0 Å². The van der Waals surface area contributed by atoms with Crippen LogP contribution in [-0.4, -0.2) is 28.3 Å². The highest BCUT2D eigenvalue weighted by molar-refractivity contribution is 5.85. The summed E-state index contributed by atoms with van der Waals surface area (Å²) >= 11 is 0. The number of benzene rings is 2. The molecule has 0 amide bonds. The molecule has 0 radical (unpaired) electrons. The molecule has 1 heterocycles. The summed E-state index contributed by atoms with van der Waals surface area (Å²) in [6.45, 7) is 2.32. The number of aromatic nitrogens is 2. The first-order chi connectivity index (χ1) is 12.1. The largest absolute Gasteiger partial charge is 0.330 e. The smallest absolute Gasteiger partial charge is 0.123 e. The first-order valence-corrected chi connectivity index (χ1v) is 8.40. The predicted molar refractivity (Wildman–Crippen MR) is 112 cm³/mol. The summed E-state index contributed by atoms with van der Waals surface area (Å²) in [5, 5.41) is 4.37. The van der Waals surface area contributed by atoms with Gasteiger partial charge >= 0.3 is 0 Å². The monoisotopic (exact) mass is 410 g/mol. The van der Waals surface area contributed by atoms with Crippen LogP contribution in [0.2, 0.25) is 0 Å². The van der Waals surface area contributed by atoms with E-state index in [4.69, 9.17) is 5.73 Å². The van der Waals surface area contributed by atoms with Crippen LogP contribution in [0.1, 0.15) is 16.7 Å². The molecule has 27 heavy (non-hydrogen) atoms. The predicted octanol–water partition coefficient (Wildman–Crippen LogP) is 3.99. The number of halogens is 3. The second-order valence-electron chi connectivity index (χ2n) is 6.30. The van der Waals surface area contributed by atoms with Crippen LogP contribution in [0.4, 0.5) is 4.39 Å². The van der Waals surface area contributed by atoms with E-state index in [0.29, 0.717) is 6.54 Å². The standard InChI is InChI=1S/C20H23FN4.2ClH/c1-24(13-17-4-2-3-16(11-17)9-10-22)14-18-12-23-25(15-18)20-7-5-19(21)6-8-20;;/h2-8,11-12,15H,9-10,13-14,22H2,1H3;2*1H. The molecule has 2 N–H and O–H groups in total. The van der Waals surface area contributed by atoms with Gasteiger partial charge in [0.1, 0.15) is 5.82 Å². The van der Waals surface area contributed by atoms with Crippen molar-refractivity contribution in [1.82, 2.24) is 14.7 Å². The van der Waals surface area contributed by atoms with Crippen molar-refractivity contribution in [2.24, 2.45) is 5.73 Å². The molecule has 0 aliphatic heterocycles. The maximum Gasteiger partial charge on any atom is 0.123 e. The maximum atomic E-state index is 13.0. The molecule has 146 valence electrons. The topological polar surface area (TPSA) is 47.1 Å². The van der Waals surface area contributed by atoms with Crippen molar-refractivity contribution in [2.45, 2.75) is 19.5 Å². The van der Waals surface area contributed by atoms with Gasteiger partial charge in [0.25, 0.3) is 0 Å². The van der Waals surface area contributed by atoms with Gasteiger partial charge in [-0.05, 0) is 55.4 Å². The van der Waals surface area contributed by atoms with Gasteiger partial charge in [-0.1, -0.05) is 24.3 Å². The number of nitrogens with zero attached hydrogens (tertiary/aromatic N) is 3. The normalized spacial score (nSPS) is 10.4. The van der Waals surface area contributed by atoms with Gasteiger partial charge in [-0.2, -0.15) is 5.10 Å². The first-order valence-electron chi connectivity index (χ1n) is 8.40. The van der Waals surface area contributed by atoms with Crippen LogP contribution < -0.4 is 5.73 Å². The molecule has 0 atom stereocenters. The Kier molecular flexibility index (Phi) is 9.46. The third-order valence-corrected chi connectivity index (χ3v) is 4.06. The van der Waals surface area contributed by atoms with Gasteiger partial charge in [0.05, 0.1) is 11.9 Å². The average molecular weight is 411 g/mol. The van der Waals surface area contributed by atoms with Crippen molar-refractivity contribution in [1.29, 1.82) is 0 Å². The molecule has 0 fully saturated rings. The van der Waals surface area contributed by atoms with Gasteiger partial charge in [-0.25, -0.2) is 9.07 Å². The Morgan fingerprint density at radius 1 is 1.00 bits per heavy atom. The van der Waals surface area contributed by atoms with E-state index in [1.165, 1.54) is 23.3 Å². The lowest BCUT2D eigenvalue weighted by Gasteiger charge is -2.16. The van der Waals surface area contributed by atoms with Crippen LogP contribution in [0, 0.1) is 5.82 Å². The van der Waals surface area contributed by atoms with Crippen molar-refractivity contribution < 1.29 is 4.39 Å². The molecule has 0 bridgehead atoms. The lowest BCUT2D eigenvalue weighted by Crippen LogP contribution is -2.17. The van der Waals surface area contributed by atoms with E-state index in [-0.39, 0.29) is 30.6 Å². The van der Waals surface area contributed by atoms with Crippen molar-refractivity contribution in [2.75, 3.05) is 13.6 Å². The third kappa shape index (κ3) is 6.63. The summed E-state index contributed by atoms with van der Waals surface area (Å²) in [7, 11) is 2.09. The maximum absolute atomic E-state index is 13.0. The lowest BCUT2D eigenvalue weighted by atomic mass is 10.1. The number of hydrogen-bond acceptors (Lipinski definition) is 3. The molecule has 3 aromatic rings. The van der Waals surface area contributed by atoms with Crippen LogP contribution in [0.15, 0.2) is 60.9 Å². The van der Waals surface area contributed by atoms with E-state index in [1.807, 2.05) is 12.4 Å². The molecule has 1 aromatic heterocycles. The Balaban J connectivity index is 0.00000182. The van der Waals surface area contributed by atoms with Crippen LogP contribution in [0.5, 0.6) is 0 Å². The minimum absolute atomic E-state index is 0. The molecule has 0 aliphatic rings. The van der Waals surface area contributed by atoms with E-state index in [1.54, 1.807) is 16.8 Å². The zero-order valence-corrected chi connectivity index (χ0v) is 16.8. The van der Waals surface area contributed by atoms with Crippen LogP contribution in [0.3, 0.4) is 0 Å². The van der Waals surface area contributed by atoms with Crippen molar-refractivity contribution in [3.8, 4) is 5.69 Å². The Bertz CT molecular complexity index is 821. The summed E-state index contributed by atoms with van der Waals surface area (Å²) in [5.74, 6) is -0.243. The Morgan fingerprint density at radius 3 is 2.37 bits per heavy atom. The van der Waals surface area contributed by atoms with Crippen LogP contribution >= 0.6 is 24.8 Å². The fourth-order valence-electron chi connectivity index (χ4n) is 2.91. The average Bonchev–Trinajstić information content (AvgIpc) is 3.04. The Morgan fingerprint density at radius 2 is 1.67 bits per heavy atom. The Labute approximate surface area is 172 Å². The highest BCUT2D eigenvalue weighted by Gasteiger charge is 2.06. The number of rotatable bonds is 7. The van der Waals surface area contributed by atoms with Crippen molar-refractivity contribution in [3.05, 3.63) is 83.4 Å². The number of hydrogen-bond donors (Lipinski definition) is 1. The molecule has 0 unspecified atom stereocenters. The summed E-state index contributed by atoms with van der Waals surface area (Å²) in [4.78, 5) is 2.24. The third-order valence-electron chi connectivity index (χ3n) is 4.06. The second kappa shape index (κ2) is 11.0. The fraction of sp³-hybridized carbons (Fsp3) is 0.250. The van der Waals surface area contributed by atoms with E-state index in [2.05, 4.69) is 41.3 Å². The number of nitrogens with two attached hydrogens (primary N) is 1. The summed E-state index contributed by atoms with van der Waals surface area (Å²) in [6.07, 6.45) is 4.74. The van der Waals surface area contributed by atoms with Gasteiger partial charge in [-0.15, -0.1) is 24.8 Å².